The summed E-state index contributed by atoms with van der Waals surface area (Å²) in [5, 5.41) is 5.51. The zero-order valence-electron chi connectivity index (χ0n) is 19.5. The van der Waals surface area contributed by atoms with E-state index in [0.717, 1.165) is 50.5 Å². The molecule has 2 aromatic carbocycles. The molecule has 0 unspecified atom stereocenters. The minimum atomic E-state index is 0.491. The van der Waals surface area contributed by atoms with Crippen molar-refractivity contribution >= 4 is 16.4 Å². The summed E-state index contributed by atoms with van der Waals surface area (Å²) in [5.74, 6) is 2.84. The van der Waals surface area contributed by atoms with Gasteiger partial charge in [-0.3, -0.25) is 4.98 Å². The number of rotatable bonds is 5. The van der Waals surface area contributed by atoms with Gasteiger partial charge in [-0.1, -0.05) is 42.8 Å². The largest absolute Gasteiger partial charge is 0.439 e. The number of hydrogen-bond donors (Lipinski definition) is 0. The molecule has 0 amide bonds. The maximum atomic E-state index is 5.92. The Kier molecular flexibility index (Phi) is 4.91. The highest BCUT2D eigenvalue weighted by atomic mass is 16.5. The van der Waals surface area contributed by atoms with Crippen molar-refractivity contribution < 1.29 is 4.74 Å². The van der Waals surface area contributed by atoms with Gasteiger partial charge in [-0.2, -0.15) is 5.10 Å². The van der Waals surface area contributed by atoms with Crippen molar-refractivity contribution in [3.8, 4) is 34.1 Å². The van der Waals surface area contributed by atoms with Crippen LogP contribution in [-0.2, 0) is 0 Å². The first-order valence-electron chi connectivity index (χ1n) is 12.1. The molecule has 0 spiro atoms. The molecule has 0 saturated heterocycles. The molecule has 0 aliphatic heterocycles. The van der Waals surface area contributed by atoms with Gasteiger partial charge in [0.1, 0.15) is 29.1 Å². The lowest BCUT2D eigenvalue weighted by Gasteiger charge is -2.23. The Balaban J connectivity index is 1.19. The molecule has 0 bridgehead atoms. The van der Waals surface area contributed by atoms with E-state index in [-0.39, 0.29) is 0 Å². The van der Waals surface area contributed by atoms with Gasteiger partial charge in [-0.25, -0.2) is 19.5 Å². The number of hydrogen-bond acceptors (Lipinski definition) is 6. The van der Waals surface area contributed by atoms with Crippen molar-refractivity contribution in [1.82, 2.24) is 29.5 Å². The second-order valence-corrected chi connectivity index (χ2v) is 9.05. The molecule has 1 aliphatic carbocycles. The average Bonchev–Trinajstić information content (AvgIpc) is 3.32. The fourth-order valence-electron chi connectivity index (χ4n) is 4.64. The van der Waals surface area contributed by atoms with Crippen molar-refractivity contribution in [2.75, 3.05) is 0 Å². The van der Waals surface area contributed by atoms with E-state index in [2.05, 4.69) is 39.3 Å². The summed E-state index contributed by atoms with van der Waals surface area (Å²) >= 11 is 0. The van der Waals surface area contributed by atoms with Crippen LogP contribution in [0.2, 0.25) is 0 Å². The summed E-state index contributed by atoms with van der Waals surface area (Å²) in [7, 11) is 0. The van der Waals surface area contributed by atoms with Gasteiger partial charge < -0.3 is 4.74 Å². The molecule has 6 aromatic rings. The topological polar surface area (TPSA) is 78.1 Å². The minimum absolute atomic E-state index is 0.491. The van der Waals surface area contributed by atoms with Gasteiger partial charge in [-0.05, 0) is 48.7 Å². The molecular formula is C29H22N6O. The third kappa shape index (κ3) is 3.65. The van der Waals surface area contributed by atoms with E-state index in [1.54, 1.807) is 6.33 Å². The normalized spacial score (nSPS) is 13.7. The molecule has 4 heterocycles. The summed E-state index contributed by atoms with van der Waals surface area (Å²) in [6, 6.07) is 23.9. The number of nitrogens with zero attached hydrogens (tertiary/aromatic N) is 6. The number of para-hydroxylation sites is 1. The summed E-state index contributed by atoms with van der Waals surface area (Å²) < 4.78 is 7.84. The summed E-state index contributed by atoms with van der Waals surface area (Å²) in [6.45, 7) is 0. The first-order valence-corrected chi connectivity index (χ1v) is 12.1. The maximum absolute atomic E-state index is 5.92. The van der Waals surface area contributed by atoms with E-state index < -0.39 is 0 Å². The van der Waals surface area contributed by atoms with Gasteiger partial charge in [0.25, 0.3) is 0 Å². The van der Waals surface area contributed by atoms with Crippen LogP contribution in [0.15, 0.2) is 91.5 Å². The third-order valence-electron chi connectivity index (χ3n) is 6.80. The molecule has 1 fully saturated rings. The fourth-order valence-corrected chi connectivity index (χ4v) is 4.64. The van der Waals surface area contributed by atoms with Crippen molar-refractivity contribution in [3.63, 3.8) is 0 Å². The Morgan fingerprint density at radius 2 is 1.67 bits per heavy atom. The van der Waals surface area contributed by atoms with Crippen molar-refractivity contribution in [3.05, 3.63) is 97.3 Å². The first kappa shape index (κ1) is 20.7. The van der Waals surface area contributed by atoms with Crippen molar-refractivity contribution in [1.29, 1.82) is 0 Å². The molecular weight excluding hydrogens is 448 g/mol. The standard InChI is InChI=1S/C29H22N6O/c1-2-7-23(8-3-1)36-27-14-12-19-9-10-21(15-25(19)34-27)22-11-13-24(30-16-22)28-26-17-31-29(20-5-4-6-20)35(26)33-18-32-28/h1-3,7-18,20H,4-6H2. The summed E-state index contributed by atoms with van der Waals surface area (Å²) in [4.78, 5) is 18.6. The predicted molar refractivity (Wildman–Crippen MR) is 138 cm³/mol. The van der Waals surface area contributed by atoms with E-state index in [9.17, 15) is 0 Å². The number of ether oxygens (including phenoxy) is 1. The van der Waals surface area contributed by atoms with Gasteiger partial charge in [0, 0.05) is 29.1 Å². The van der Waals surface area contributed by atoms with Gasteiger partial charge in [0.15, 0.2) is 0 Å². The molecule has 0 N–H and O–H groups in total. The Hall–Kier alpha value is -4.65. The van der Waals surface area contributed by atoms with E-state index in [4.69, 9.17) is 14.7 Å². The number of imidazole rings is 1. The lowest BCUT2D eigenvalue weighted by molar-refractivity contribution is 0.396. The number of benzene rings is 2. The van der Waals surface area contributed by atoms with Crippen LogP contribution in [0.3, 0.4) is 0 Å². The van der Waals surface area contributed by atoms with Gasteiger partial charge in [-0.15, -0.1) is 0 Å². The van der Waals surface area contributed by atoms with Crippen LogP contribution >= 0.6 is 0 Å². The summed E-state index contributed by atoms with van der Waals surface area (Å²) in [6.07, 6.45) is 8.93. The second-order valence-electron chi connectivity index (χ2n) is 9.05. The van der Waals surface area contributed by atoms with Crippen molar-refractivity contribution in [2.45, 2.75) is 25.2 Å². The average molecular weight is 471 g/mol. The number of aromatic nitrogens is 6. The molecule has 36 heavy (non-hydrogen) atoms. The Bertz CT molecular complexity index is 1690. The lowest BCUT2D eigenvalue weighted by atomic mass is 9.85. The number of fused-ring (bicyclic) bond motifs is 2. The van der Waals surface area contributed by atoms with Crippen LogP contribution in [0.5, 0.6) is 11.6 Å². The molecule has 0 radical (unpaired) electrons. The zero-order valence-corrected chi connectivity index (χ0v) is 19.5. The maximum Gasteiger partial charge on any atom is 0.219 e. The molecule has 174 valence electrons. The van der Waals surface area contributed by atoms with Gasteiger partial charge >= 0.3 is 0 Å². The second kappa shape index (κ2) is 8.53. The van der Waals surface area contributed by atoms with Crippen LogP contribution in [0.1, 0.15) is 31.0 Å². The highest BCUT2D eigenvalue weighted by molar-refractivity contribution is 5.85. The predicted octanol–water partition coefficient (Wildman–Crippen LogP) is 6.46. The van der Waals surface area contributed by atoms with Crippen LogP contribution in [0.25, 0.3) is 38.9 Å². The molecule has 7 heteroatoms. The SMILES string of the molecule is c1ccc(Oc2ccc3ccc(-c4ccc(-c5ncnn6c(C7CCC7)ncc56)nc4)cc3n2)cc1. The van der Waals surface area contributed by atoms with Gasteiger partial charge in [0.2, 0.25) is 5.88 Å². The first-order chi connectivity index (χ1) is 17.8. The van der Waals surface area contributed by atoms with Crippen LogP contribution in [0.4, 0.5) is 0 Å². The van der Waals surface area contributed by atoms with E-state index >= 15 is 0 Å². The summed E-state index contributed by atoms with van der Waals surface area (Å²) in [5.41, 5.74) is 5.38. The lowest BCUT2D eigenvalue weighted by Crippen LogP contribution is -2.13. The molecule has 4 aromatic heterocycles. The molecule has 0 atom stereocenters. The highest BCUT2D eigenvalue weighted by Crippen LogP contribution is 2.36. The Morgan fingerprint density at radius 3 is 2.47 bits per heavy atom. The van der Waals surface area contributed by atoms with Gasteiger partial charge in [0.05, 0.1) is 17.4 Å². The Labute approximate surface area is 207 Å². The quantitative estimate of drug-likeness (QED) is 0.288. The third-order valence-corrected chi connectivity index (χ3v) is 6.80. The van der Waals surface area contributed by atoms with E-state index in [1.807, 2.05) is 65.4 Å². The van der Waals surface area contributed by atoms with E-state index in [1.165, 1.54) is 19.3 Å². The van der Waals surface area contributed by atoms with Crippen LogP contribution in [-0.4, -0.2) is 29.5 Å². The Morgan fingerprint density at radius 1 is 0.806 bits per heavy atom. The smallest absolute Gasteiger partial charge is 0.219 e. The minimum Gasteiger partial charge on any atom is -0.439 e. The monoisotopic (exact) mass is 470 g/mol. The highest BCUT2D eigenvalue weighted by Gasteiger charge is 2.25. The fraction of sp³-hybridized carbons (Fsp3) is 0.138. The molecule has 7 nitrogen and oxygen atoms in total. The molecule has 1 aliphatic rings. The zero-order chi connectivity index (χ0) is 23.9. The molecule has 1 saturated carbocycles. The van der Waals surface area contributed by atoms with Crippen molar-refractivity contribution in [2.24, 2.45) is 0 Å². The van der Waals surface area contributed by atoms with Crippen LogP contribution in [0, 0.1) is 0 Å². The van der Waals surface area contributed by atoms with Crippen LogP contribution < -0.4 is 4.74 Å². The number of pyridine rings is 2. The molecule has 7 rings (SSSR count). The van der Waals surface area contributed by atoms with E-state index in [0.29, 0.717) is 11.8 Å².